The van der Waals surface area contributed by atoms with E-state index in [0.29, 0.717) is 12.1 Å². The largest absolute Gasteiger partial charge is 0.508 e. The minimum atomic E-state index is -0.201. The van der Waals surface area contributed by atoms with Crippen LogP contribution in [0.2, 0.25) is 0 Å². The molecule has 0 fully saturated rings. The number of phenolic OH excluding ortho intramolecular Hbond substituents is 1. The Hall–Kier alpha value is -2.02. The third kappa shape index (κ3) is 3.62. The van der Waals surface area contributed by atoms with E-state index in [1.165, 1.54) is 0 Å². The van der Waals surface area contributed by atoms with E-state index < -0.39 is 0 Å². The van der Waals surface area contributed by atoms with Gasteiger partial charge in [-0.1, -0.05) is 18.2 Å². The Morgan fingerprint density at radius 1 is 1.56 bits per heavy atom. The summed E-state index contributed by atoms with van der Waals surface area (Å²) in [6.45, 7) is 2.07. The molecule has 0 aromatic heterocycles. The summed E-state index contributed by atoms with van der Waals surface area (Å²) >= 11 is 0. The van der Waals surface area contributed by atoms with Crippen molar-refractivity contribution >= 4 is 5.91 Å². The molecular formula is C12H14N2O2. The van der Waals surface area contributed by atoms with E-state index in [2.05, 4.69) is 5.32 Å². The van der Waals surface area contributed by atoms with Crippen LogP contribution in [0.4, 0.5) is 0 Å². The zero-order chi connectivity index (χ0) is 12.0. The second-order valence-corrected chi connectivity index (χ2v) is 3.64. The van der Waals surface area contributed by atoms with Gasteiger partial charge < -0.3 is 10.4 Å². The Morgan fingerprint density at radius 2 is 2.25 bits per heavy atom. The zero-order valence-corrected chi connectivity index (χ0v) is 9.10. The molecule has 0 spiro atoms. The van der Waals surface area contributed by atoms with Gasteiger partial charge in [0.1, 0.15) is 5.75 Å². The number of carbonyl (C=O) groups is 1. The lowest BCUT2D eigenvalue weighted by atomic mass is 10.1. The predicted molar refractivity (Wildman–Crippen MR) is 59.6 cm³/mol. The SMILES string of the molecule is C[C@@H](C#N)CNC(=O)Cc1ccccc1O. The van der Waals surface area contributed by atoms with E-state index >= 15 is 0 Å². The van der Waals surface area contributed by atoms with Crippen LogP contribution in [0, 0.1) is 17.2 Å². The van der Waals surface area contributed by atoms with Gasteiger partial charge in [0.05, 0.1) is 18.4 Å². The molecule has 0 aliphatic heterocycles. The molecule has 0 unspecified atom stereocenters. The number of hydrogen-bond acceptors (Lipinski definition) is 3. The van der Waals surface area contributed by atoms with Gasteiger partial charge in [-0.15, -0.1) is 0 Å². The highest BCUT2D eigenvalue weighted by Crippen LogP contribution is 2.15. The van der Waals surface area contributed by atoms with E-state index in [-0.39, 0.29) is 24.0 Å². The van der Waals surface area contributed by atoms with Gasteiger partial charge in [0.15, 0.2) is 0 Å². The summed E-state index contributed by atoms with van der Waals surface area (Å²) < 4.78 is 0. The van der Waals surface area contributed by atoms with Crippen LogP contribution in [0.15, 0.2) is 24.3 Å². The van der Waals surface area contributed by atoms with Crippen molar-refractivity contribution in [3.8, 4) is 11.8 Å². The molecule has 1 atom stereocenters. The Balaban J connectivity index is 2.47. The third-order valence-electron chi connectivity index (χ3n) is 2.17. The van der Waals surface area contributed by atoms with Gasteiger partial charge in [-0.05, 0) is 13.0 Å². The molecule has 16 heavy (non-hydrogen) atoms. The standard InChI is InChI=1S/C12H14N2O2/c1-9(7-13)8-14-12(16)6-10-4-2-3-5-11(10)15/h2-5,9,15H,6,8H2,1H3,(H,14,16)/t9-/m0/s1. The van der Waals surface area contributed by atoms with E-state index in [1.807, 2.05) is 6.07 Å². The minimum Gasteiger partial charge on any atom is -0.508 e. The quantitative estimate of drug-likeness (QED) is 0.797. The van der Waals surface area contributed by atoms with Gasteiger partial charge in [0.25, 0.3) is 0 Å². The van der Waals surface area contributed by atoms with Crippen molar-refractivity contribution in [2.24, 2.45) is 5.92 Å². The topological polar surface area (TPSA) is 73.1 Å². The van der Waals surface area contributed by atoms with Crippen LogP contribution >= 0.6 is 0 Å². The van der Waals surface area contributed by atoms with Gasteiger partial charge in [-0.2, -0.15) is 5.26 Å². The minimum absolute atomic E-state index is 0.117. The van der Waals surface area contributed by atoms with Crippen LogP contribution in [-0.2, 0) is 11.2 Å². The summed E-state index contributed by atoms with van der Waals surface area (Å²) in [5, 5.41) is 20.6. The molecule has 84 valence electrons. The van der Waals surface area contributed by atoms with Crippen LogP contribution in [0.25, 0.3) is 0 Å². The number of hydrogen-bond donors (Lipinski definition) is 2. The van der Waals surface area contributed by atoms with E-state index in [0.717, 1.165) is 0 Å². The Labute approximate surface area is 94.5 Å². The molecule has 2 N–H and O–H groups in total. The lowest BCUT2D eigenvalue weighted by Crippen LogP contribution is -2.29. The van der Waals surface area contributed by atoms with Gasteiger partial charge in [-0.25, -0.2) is 0 Å². The van der Waals surface area contributed by atoms with Gasteiger partial charge in [-0.3, -0.25) is 4.79 Å². The van der Waals surface area contributed by atoms with Crippen LogP contribution in [0.1, 0.15) is 12.5 Å². The highest BCUT2D eigenvalue weighted by atomic mass is 16.3. The summed E-state index contributed by atoms with van der Waals surface area (Å²) in [7, 11) is 0. The van der Waals surface area contributed by atoms with E-state index in [1.54, 1.807) is 31.2 Å². The smallest absolute Gasteiger partial charge is 0.224 e. The van der Waals surface area contributed by atoms with Gasteiger partial charge >= 0.3 is 0 Å². The number of amides is 1. The molecule has 0 radical (unpaired) electrons. The maximum absolute atomic E-state index is 11.5. The average Bonchev–Trinajstić information content (AvgIpc) is 2.29. The first-order valence-electron chi connectivity index (χ1n) is 5.06. The van der Waals surface area contributed by atoms with Crippen molar-refractivity contribution in [1.82, 2.24) is 5.32 Å². The summed E-state index contributed by atoms with van der Waals surface area (Å²) in [4.78, 5) is 11.5. The molecular weight excluding hydrogens is 204 g/mol. The fourth-order valence-corrected chi connectivity index (χ4v) is 1.21. The molecule has 0 bridgehead atoms. The average molecular weight is 218 g/mol. The molecule has 1 aromatic carbocycles. The zero-order valence-electron chi connectivity index (χ0n) is 9.10. The highest BCUT2D eigenvalue weighted by Gasteiger charge is 2.07. The first-order chi connectivity index (χ1) is 7.63. The summed E-state index contributed by atoms with van der Waals surface area (Å²) in [6.07, 6.45) is 0.130. The number of benzene rings is 1. The first-order valence-corrected chi connectivity index (χ1v) is 5.06. The van der Waals surface area contributed by atoms with Crippen LogP contribution in [-0.4, -0.2) is 17.6 Å². The monoisotopic (exact) mass is 218 g/mol. The fourth-order valence-electron chi connectivity index (χ4n) is 1.21. The number of aromatic hydroxyl groups is 1. The molecule has 0 saturated heterocycles. The van der Waals surface area contributed by atoms with Crippen molar-refractivity contribution in [3.63, 3.8) is 0 Å². The fraction of sp³-hybridized carbons (Fsp3) is 0.333. The number of nitrogens with one attached hydrogen (secondary N) is 1. The lowest BCUT2D eigenvalue weighted by molar-refractivity contribution is -0.120. The van der Waals surface area contributed by atoms with Crippen LogP contribution in [0.3, 0.4) is 0 Å². The van der Waals surface area contributed by atoms with Crippen molar-refractivity contribution in [1.29, 1.82) is 5.26 Å². The molecule has 4 nitrogen and oxygen atoms in total. The van der Waals surface area contributed by atoms with Crippen LogP contribution in [0.5, 0.6) is 5.75 Å². The molecule has 1 amide bonds. The maximum atomic E-state index is 11.5. The Morgan fingerprint density at radius 3 is 2.88 bits per heavy atom. The summed E-state index contributed by atoms with van der Waals surface area (Å²) in [5.41, 5.74) is 0.588. The summed E-state index contributed by atoms with van der Waals surface area (Å²) in [5.74, 6) is -0.275. The second kappa shape index (κ2) is 5.76. The number of para-hydroxylation sites is 1. The van der Waals surface area contributed by atoms with E-state index in [4.69, 9.17) is 5.26 Å². The van der Waals surface area contributed by atoms with Crippen molar-refractivity contribution < 1.29 is 9.90 Å². The second-order valence-electron chi connectivity index (χ2n) is 3.64. The number of rotatable bonds is 4. The molecule has 0 heterocycles. The van der Waals surface area contributed by atoms with Gasteiger partial charge in [0.2, 0.25) is 5.91 Å². The molecule has 1 rings (SSSR count). The molecule has 0 saturated carbocycles. The lowest BCUT2D eigenvalue weighted by Gasteiger charge is -2.07. The first kappa shape index (κ1) is 12.1. The van der Waals surface area contributed by atoms with Crippen molar-refractivity contribution in [2.75, 3.05) is 6.54 Å². The predicted octanol–water partition coefficient (Wildman–Crippen LogP) is 1.21. The van der Waals surface area contributed by atoms with E-state index in [9.17, 15) is 9.90 Å². The molecule has 0 aliphatic carbocycles. The maximum Gasteiger partial charge on any atom is 0.224 e. The highest BCUT2D eigenvalue weighted by molar-refractivity contribution is 5.79. The molecule has 4 heteroatoms. The van der Waals surface area contributed by atoms with Gasteiger partial charge in [0, 0.05) is 12.1 Å². The normalized spacial score (nSPS) is 11.5. The van der Waals surface area contributed by atoms with Crippen molar-refractivity contribution in [2.45, 2.75) is 13.3 Å². The number of carbonyl (C=O) groups excluding carboxylic acids is 1. The van der Waals surface area contributed by atoms with Crippen molar-refractivity contribution in [3.05, 3.63) is 29.8 Å². The summed E-state index contributed by atoms with van der Waals surface area (Å²) in [6, 6.07) is 8.74. The third-order valence-corrected chi connectivity index (χ3v) is 2.17. The number of nitriles is 1. The molecule has 0 aliphatic rings. The number of phenols is 1. The Kier molecular flexibility index (Phi) is 4.34. The molecule has 1 aromatic rings. The van der Waals surface area contributed by atoms with Crippen LogP contribution < -0.4 is 5.32 Å². The number of nitrogens with zero attached hydrogens (tertiary/aromatic N) is 1. The Bertz CT molecular complexity index is 410.